The second-order valence-electron chi connectivity index (χ2n) is 35.6. The lowest BCUT2D eigenvalue weighted by atomic mass is 9.67. The van der Waals surface area contributed by atoms with Gasteiger partial charge in [0.1, 0.15) is 34.5 Å². The molecule has 0 spiro atoms. The lowest BCUT2D eigenvalue weighted by molar-refractivity contribution is 0.0425. The summed E-state index contributed by atoms with van der Waals surface area (Å²) < 4.78 is 47.6. The van der Waals surface area contributed by atoms with Crippen LogP contribution in [0.3, 0.4) is 0 Å². The summed E-state index contributed by atoms with van der Waals surface area (Å²) in [5, 5.41) is 0. The van der Waals surface area contributed by atoms with Crippen LogP contribution in [-0.4, -0.2) is 71.6 Å². The Hall–Kier alpha value is -20.6. The maximum atomic E-state index is 13.3. The molecule has 722 valence electrons. The highest BCUT2D eigenvalue weighted by molar-refractivity contribution is 6.19. The number of hydrogen-bond acceptors (Lipinski definition) is 25. The molecule has 25 nitrogen and oxygen atoms in total. The van der Waals surface area contributed by atoms with Gasteiger partial charge in [-0.25, -0.2) is 57.5 Å². The van der Waals surface area contributed by atoms with Crippen LogP contribution in [0.2, 0.25) is 0 Å². The van der Waals surface area contributed by atoms with E-state index in [-0.39, 0.29) is 55.6 Å². The van der Waals surface area contributed by atoms with E-state index in [2.05, 4.69) is 181 Å². The fourth-order valence-corrected chi connectivity index (χ4v) is 19.6. The minimum atomic E-state index is -0.840. The van der Waals surface area contributed by atoms with Crippen LogP contribution in [0.1, 0.15) is 180 Å². The van der Waals surface area contributed by atoms with E-state index in [9.17, 15) is 57.5 Å². The van der Waals surface area contributed by atoms with E-state index in [4.69, 9.17) is 41.9 Å². The Bertz CT molecular complexity index is 8200. The van der Waals surface area contributed by atoms with Gasteiger partial charge in [0, 0.05) is 33.9 Å². The molecule has 8 N–H and O–H groups in total. The third-order valence-electron chi connectivity index (χ3n) is 26.6. The molecule has 0 radical (unpaired) electrons. The molecule has 0 amide bonds. The fourth-order valence-electron chi connectivity index (χ4n) is 19.6. The van der Waals surface area contributed by atoms with Gasteiger partial charge in [0.05, 0.1) is 77.6 Å². The van der Waals surface area contributed by atoms with Crippen LogP contribution in [0.4, 0.5) is 22.7 Å². The molecule has 0 bridgehead atoms. The van der Waals surface area contributed by atoms with E-state index < -0.39 is 82.5 Å². The number of carbonyl (C=O) groups excluding carboxylic acids is 12. The number of fused-ring (bicyclic) bond motifs is 11. The molecule has 2 aliphatic carbocycles. The molecule has 5 heterocycles. The van der Waals surface area contributed by atoms with Crippen molar-refractivity contribution < 1.29 is 100 Å². The van der Waals surface area contributed by atoms with Crippen molar-refractivity contribution in [1.29, 1.82) is 0 Å². The first-order valence-corrected chi connectivity index (χ1v) is 46.9. The Morgan fingerprint density at radius 1 is 0.208 bits per heavy atom. The van der Waals surface area contributed by atoms with Crippen LogP contribution in [-0.2, 0) is 34.5 Å². The summed E-state index contributed by atoms with van der Waals surface area (Å²) >= 11 is 0. The number of nitrogens with two attached hydrogens (primary N) is 4. The quantitative estimate of drug-likeness (QED) is 0.0243. The van der Waals surface area contributed by atoms with Gasteiger partial charge in [0.2, 0.25) is 0 Å². The number of anilines is 4. The largest absolute Gasteiger partial charge is 0.457 e. The van der Waals surface area contributed by atoms with E-state index in [1.807, 2.05) is 123 Å². The van der Waals surface area contributed by atoms with E-state index >= 15 is 0 Å². The van der Waals surface area contributed by atoms with Gasteiger partial charge in [-0.2, -0.15) is 0 Å². The SMILES string of the molecule is Cc1cc(C2(c3ccc(OC(=O)c4ccc5c(c4)C(=O)OC5=O)c(C)c3)c3ccccc3-c3ccccc32)ccc1OC(=O)c1ccc2c(c1)C(=O)OC2=O.Nc1ccc(N)cc1.Nc1ccc(Oc2ccc(C3(c4ccc(Oc5ccc(N)cc5)c(-c5ccccc5)c4)c4ccccc4-c4ccccc43)cc2-c2ccccc2)cc1.O=C1OC(=O)c2cc(-c3ccc4c(c3)C(=O)OC4=O)ccc21.O=C1OC(=O)c2ccccc21. The molecule has 7 aliphatic rings. The number of esters is 12. The van der Waals surface area contributed by atoms with Gasteiger partial charge in [0.25, 0.3) is 0 Å². The number of aryl methyl sites for hydroxylation is 2. The van der Waals surface area contributed by atoms with E-state index in [1.165, 1.54) is 82.9 Å². The summed E-state index contributed by atoms with van der Waals surface area (Å²) in [7, 11) is 0. The van der Waals surface area contributed by atoms with Crippen molar-refractivity contribution in [2.45, 2.75) is 24.7 Å². The van der Waals surface area contributed by atoms with Crippen LogP contribution >= 0.6 is 0 Å². The van der Waals surface area contributed by atoms with Crippen LogP contribution in [0.25, 0.3) is 55.6 Å². The number of hydrogen-bond donors (Lipinski definition) is 4. The predicted octanol–water partition coefficient (Wildman–Crippen LogP) is 23.7. The molecule has 25 rings (SSSR count). The summed E-state index contributed by atoms with van der Waals surface area (Å²) in [5.74, 6) is -4.80. The van der Waals surface area contributed by atoms with Gasteiger partial charge in [-0.3, -0.25) is 0 Å². The van der Waals surface area contributed by atoms with Crippen LogP contribution in [0.5, 0.6) is 34.5 Å². The molecular formula is C124H80N4O21. The number of ether oxygens (including phenoxy) is 9. The lowest BCUT2D eigenvalue weighted by Gasteiger charge is -2.35. The summed E-state index contributed by atoms with van der Waals surface area (Å²) in [5.41, 5.74) is 45.8. The summed E-state index contributed by atoms with van der Waals surface area (Å²) in [6.07, 6.45) is 0. The molecule has 0 saturated carbocycles. The van der Waals surface area contributed by atoms with Crippen molar-refractivity contribution >= 4 is 94.4 Å². The maximum absolute atomic E-state index is 13.3. The molecule has 0 unspecified atom stereocenters. The molecule has 0 aromatic heterocycles. The molecule has 25 heteroatoms. The second-order valence-corrected chi connectivity index (χ2v) is 35.6. The van der Waals surface area contributed by atoms with E-state index in [0.29, 0.717) is 56.3 Å². The van der Waals surface area contributed by atoms with Crippen LogP contribution in [0, 0.1) is 13.8 Å². The zero-order valence-electron chi connectivity index (χ0n) is 79.0. The fraction of sp³-hybridized carbons (Fsp3) is 0.0323. The number of cyclic esters (lactones) is 10. The van der Waals surface area contributed by atoms with E-state index in [1.54, 1.807) is 72.8 Å². The Morgan fingerprint density at radius 3 is 0.752 bits per heavy atom. The second kappa shape index (κ2) is 39.0. The normalized spacial score (nSPS) is 13.6. The third kappa shape index (κ3) is 17.7. The van der Waals surface area contributed by atoms with E-state index in [0.717, 1.165) is 101 Å². The Morgan fingerprint density at radius 2 is 0.450 bits per heavy atom. The highest BCUT2D eigenvalue weighted by Crippen LogP contribution is 2.60. The highest BCUT2D eigenvalue weighted by Gasteiger charge is 2.49. The predicted molar refractivity (Wildman–Crippen MR) is 555 cm³/mol. The van der Waals surface area contributed by atoms with Gasteiger partial charge in [-0.15, -0.1) is 0 Å². The van der Waals surface area contributed by atoms with Crippen molar-refractivity contribution in [3.63, 3.8) is 0 Å². The topological polar surface area (TPSA) is 392 Å². The molecule has 0 atom stereocenters. The summed E-state index contributed by atoms with van der Waals surface area (Å²) in [6, 6.07) is 125. The first kappa shape index (κ1) is 94.6. The van der Waals surface area contributed by atoms with Crippen molar-refractivity contribution in [2.24, 2.45) is 0 Å². The Labute approximate surface area is 850 Å². The van der Waals surface area contributed by atoms with Crippen molar-refractivity contribution in [1.82, 2.24) is 0 Å². The summed E-state index contributed by atoms with van der Waals surface area (Å²) in [6.45, 7) is 3.68. The molecular weight excluding hydrogens is 1880 g/mol. The monoisotopic (exact) mass is 1960 g/mol. The smallest absolute Gasteiger partial charge is 0.346 e. The minimum Gasteiger partial charge on any atom is -0.457 e. The average molecular weight is 1960 g/mol. The number of nitrogen functional groups attached to an aromatic ring is 4. The van der Waals surface area contributed by atoms with Crippen LogP contribution < -0.4 is 41.9 Å². The van der Waals surface area contributed by atoms with Crippen LogP contribution in [0.15, 0.2) is 400 Å². The number of benzene rings is 18. The zero-order chi connectivity index (χ0) is 103. The van der Waals surface area contributed by atoms with Crippen molar-refractivity contribution in [3.8, 4) is 90.1 Å². The maximum Gasteiger partial charge on any atom is 0.346 e. The molecule has 18 aromatic rings. The Balaban J connectivity index is 0.000000126. The zero-order valence-corrected chi connectivity index (χ0v) is 79.0. The summed E-state index contributed by atoms with van der Waals surface area (Å²) in [4.78, 5) is 142. The minimum absolute atomic E-state index is 0.00983. The molecule has 5 aliphatic heterocycles. The lowest BCUT2D eigenvalue weighted by Crippen LogP contribution is -2.29. The molecule has 18 aromatic carbocycles. The third-order valence-corrected chi connectivity index (χ3v) is 26.6. The molecule has 0 fully saturated rings. The first-order chi connectivity index (χ1) is 72.2. The van der Waals surface area contributed by atoms with Crippen molar-refractivity contribution in [2.75, 3.05) is 22.9 Å². The number of carbonyl (C=O) groups is 12. The standard InChI is InChI=1S/C49H36N2O2.C45H26O10.C16H6O6.C8H4O3.C6H8N2/c50-37-21-25-39(26-22-37)52-47-29-19-35(31-43(47)33-11-3-1-4-12-33)49(45-17-9-7-15-41(45)42-16-8-10-18-46(42)49)36-20-30-48(53-40-27-23-38(51)24-28-40)44(32-36)34-13-5-2-6-14-34;1-23-19-27(13-17-37(23)52-39(46)25-11-15-31-33(21-25)43(50)54-41(31)48)45(35-9-5-3-7-29(35)30-8-4-6-10-36(30)45)28-14-18-38(24(2)20-28)53-40(47)26-12-16-32-34(22-26)44(51)55-42(32)49;17-13-9-3-1-7(5-11(9)15(19)21-13)8-2-4-10-12(6-8)16(20)22-14(10)18;9-7-5-3-1-2-4-6(5)8(10)11-7;7-5-1-2-6(8)4-3-5/h1-32H,50-51H2;3-22H,1-2H3;1-6H;1-4H;1-4H,7-8H2. The highest BCUT2D eigenvalue weighted by atomic mass is 16.6. The van der Waals surface area contributed by atoms with Gasteiger partial charge in [-0.1, -0.05) is 218 Å². The first-order valence-electron chi connectivity index (χ1n) is 46.9. The van der Waals surface area contributed by atoms with Gasteiger partial charge in [0.15, 0.2) is 0 Å². The van der Waals surface area contributed by atoms with Gasteiger partial charge in [-0.05, 0) is 296 Å². The molecule has 149 heavy (non-hydrogen) atoms. The van der Waals surface area contributed by atoms with Crippen molar-refractivity contribution in [3.05, 3.63) is 523 Å². The molecule has 0 saturated heterocycles. The van der Waals surface area contributed by atoms with Gasteiger partial charge >= 0.3 is 71.6 Å². The number of rotatable bonds is 15. The van der Waals surface area contributed by atoms with Gasteiger partial charge < -0.3 is 65.6 Å². The average Bonchev–Trinajstić information content (AvgIpc) is 1.54. The Kier molecular flexibility index (Phi) is 24.8.